The lowest BCUT2D eigenvalue weighted by molar-refractivity contribution is -0.170. The smallest absolute Gasteiger partial charge is 0.323 e. The summed E-state index contributed by atoms with van der Waals surface area (Å²) < 4.78 is 11.6. The van der Waals surface area contributed by atoms with Crippen LogP contribution in [0.25, 0.3) is 0 Å². The maximum Gasteiger partial charge on any atom is 0.323 e. The van der Waals surface area contributed by atoms with Crippen molar-refractivity contribution in [2.45, 2.75) is 51.0 Å². The Morgan fingerprint density at radius 3 is 2.75 bits per heavy atom. The van der Waals surface area contributed by atoms with Crippen LogP contribution in [0.5, 0.6) is 0 Å². The number of esters is 1. The van der Waals surface area contributed by atoms with Gasteiger partial charge in [0.05, 0.1) is 6.04 Å². The fraction of sp³-hybridized carbons (Fsp3) is 0.632. The largest absolute Gasteiger partial charge is 0.458 e. The number of benzene rings is 1. The van der Waals surface area contributed by atoms with E-state index in [9.17, 15) is 4.79 Å². The SMILES string of the molecule is COC1C(OC(=O)C(N)C(C)C)CCN2CCc3ccccc3C12. The van der Waals surface area contributed by atoms with E-state index >= 15 is 0 Å². The topological polar surface area (TPSA) is 64.8 Å². The van der Waals surface area contributed by atoms with Crippen molar-refractivity contribution >= 4 is 5.97 Å². The van der Waals surface area contributed by atoms with E-state index in [1.54, 1.807) is 7.11 Å². The predicted octanol–water partition coefficient (Wildman–Crippen LogP) is 1.90. The van der Waals surface area contributed by atoms with Crippen molar-refractivity contribution < 1.29 is 14.3 Å². The summed E-state index contributed by atoms with van der Waals surface area (Å²) in [7, 11) is 1.70. The summed E-state index contributed by atoms with van der Waals surface area (Å²) in [6.45, 7) is 5.79. The Bertz CT molecular complexity index is 590. The van der Waals surface area contributed by atoms with Gasteiger partial charge in [0.25, 0.3) is 0 Å². The van der Waals surface area contributed by atoms with Gasteiger partial charge < -0.3 is 15.2 Å². The Hall–Kier alpha value is -1.43. The second-order valence-corrected chi connectivity index (χ2v) is 7.16. The molecule has 1 fully saturated rings. The number of nitrogens with two attached hydrogens (primary N) is 1. The maximum atomic E-state index is 12.3. The van der Waals surface area contributed by atoms with Crippen molar-refractivity contribution in [3.05, 3.63) is 35.4 Å². The van der Waals surface area contributed by atoms with Crippen LogP contribution in [0, 0.1) is 5.92 Å². The van der Waals surface area contributed by atoms with Crippen molar-refractivity contribution in [3.63, 3.8) is 0 Å². The summed E-state index contributed by atoms with van der Waals surface area (Å²) in [5.74, 6) is -0.261. The highest BCUT2D eigenvalue weighted by Gasteiger charge is 2.43. The van der Waals surface area contributed by atoms with Crippen LogP contribution in [0.2, 0.25) is 0 Å². The van der Waals surface area contributed by atoms with Gasteiger partial charge in [0, 0.05) is 20.2 Å². The first-order chi connectivity index (χ1) is 11.5. The highest BCUT2D eigenvalue weighted by Crippen LogP contribution is 2.39. The number of rotatable bonds is 4. The highest BCUT2D eigenvalue weighted by atomic mass is 16.6. The zero-order chi connectivity index (χ0) is 17.3. The number of piperidine rings is 1. The molecule has 5 heteroatoms. The van der Waals surface area contributed by atoms with E-state index in [0.717, 1.165) is 25.9 Å². The van der Waals surface area contributed by atoms with Crippen LogP contribution in [-0.2, 0) is 20.7 Å². The van der Waals surface area contributed by atoms with E-state index in [-0.39, 0.29) is 30.1 Å². The molecular weight excluding hydrogens is 304 g/mol. The molecular formula is C19H28N2O3. The number of hydrogen-bond acceptors (Lipinski definition) is 5. The Labute approximate surface area is 144 Å². The summed E-state index contributed by atoms with van der Waals surface area (Å²) in [5.41, 5.74) is 8.61. The van der Waals surface area contributed by atoms with Gasteiger partial charge in [-0.1, -0.05) is 38.1 Å². The standard InChI is InChI=1S/C19H28N2O3/c1-12(2)16(20)19(22)24-15-9-11-21-10-8-13-6-4-5-7-14(13)17(21)18(15)23-3/h4-7,12,15-18H,8-11,20H2,1-3H3. The lowest BCUT2D eigenvalue weighted by Gasteiger charge is -2.47. The first kappa shape index (κ1) is 17.4. The molecule has 2 N–H and O–H groups in total. The second-order valence-electron chi connectivity index (χ2n) is 7.16. The second kappa shape index (κ2) is 7.21. The molecule has 1 aromatic carbocycles. The minimum Gasteiger partial charge on any atom is -0.458 e. The molecule has 0 radical (unpaired) electrons. The van der Waals surface area contributed by atoms with Crippen LogP contribution in [0.15, 0.2) is 24.3 Å². The third-order valence-electron chi connectivity index (χ3n) is 5.34. The number of methoxy groups -OCH3 is 1. The molecule has 0 spiro atoms. The Morgan fingerprint density at radius 1 is 1.29 bits per heavy atom. The zero-order valence-corrected chi connectivity index (χ0v) is 14.8. The summed E-state index contributed by atoms with van der Waals surface area (Å²) in [4.78, 5) is 14.8. The minimum absolute atomic E-state index is 0.0639. The van der Waals surface area contributed by atoms with Gasteiger partial charge in [-0.3, -0.25) is 9.69 Å². The van der Waals surface area contributed by atoms with Gasteiger partial charge in [-0.2, -0.15) is 0 Å². The third-order valence-corrected chi connectivity index (χ3v) is 5.34. The van der Waals surface area contributed by atoms with Crippen molar-refractivity contribution in [2.75, 3.05) is 20.2 Å². The van der Waals surface area contributed by atoms with Crippen LogP contribution in [0.1, 0.15) is 37.4 Å². The first-order valence-electron chi connectivity index (χ1n) is 8.83. The van der Waals surface area contributed by atoms with Gasteiger partial charge >= 0.3 is 5.97 Å². The number of carbonyl (C=O) groups excluding carboxylic acids is 1. The van der Waals surface area contributed by atoms with Crippen molar-refractivity contribution in [1.29, 1.82) is 0 Å². The molecule has 0 aliphatic carbocycles. The number of fused-ring (bicyclic) bond motifs is 3. The van der Waals surface area contributed by atoms with E-state index < -0.39 is 6.04 Å². The molecule has 0 amide bonds. The van der Waals surface area contributed by atoms with Crippen LogP contribution in [0.4, 0.5) is 0 Å². The molecule has 4 atom stereocenters. The molecule has 2 aliphatic rings. The molecule has 2 aliphatic heterocycles. The van der Waals surface area contributed by atoms with Gasteiger partial charge in [-0.25, -0.2) is 0 Å². The lowest BCUT2D eigenvalue weighted by atomic mass is 9.83. The van der Waals surface area contributed by atoms with E-state index in [1.807, 2.05) is 13.8 Å². The van der Waals surface area contributed by atoms with Crippen molar-refractivity contribution in [3.8, 4) is 0 Å². The zero-order valence-electron chi connectivity index (χ0n) is 14.8. The van der Waals surface area contributed by atoms with Crippen LogP contribution in [0.3, 0.4) is 0 Å². The Balaban J connectivity index is 1.81. The van der Waals surface area contributed by atoms with E-state index in [4.69, 9.17) is 15.2 Å². The molecule has 0 saturated carbocycles. The van der Waals surface area contributed by atoms with Gasteiger partial charge in [-0.15, -0.1) is 0 Å². The lowest BCUT2D eigenvalue weighted by Crippen LogP contribution is -2.54. The summed E-state index contributed by atoms with van der Waals surface area (Å²) in [6, 6.07) is 8.06. The molecule has 2 heterocycles. The maximum absolute atomic E-state index is 12.3. The number of nitrogens with zero attached hydrogens (tertiary/aromatic N) is 1. The van der Waals surface area contributed by atoms with Crippen molar-refractivity contribution in [2.24, 2.45) is 11.7 Å². The van der Waals surface area contributed by atoms with E-state index in [2.05, 4.69) is 29.2 Å². The van der Waals surface area contributed by atoms with Crippen LogP contribution < -0.4 is 5.73 Å². The molecule has 1 aromatic rings. The molecule has 3 rings (SSSR count). The number of hydrogen-bond donors (Lipinski definition) is 1. The quantitative estimate of drug-likeness (QED) is 0.853. The fourth-order valence-electron chi connectivity index (χ4n) is 3.85. The van der Waals surface area contributed by atoms with Gasteiger partial charge in [-0.05, 0) is 29.9 Å². The summed E-state index contributed by atoms with van der Waals surface area (Å²) >= 11 is 0. The molecule has 0 bridgehead atoms. The third kappa shape index (κ3) is 3.21. The number of carbonyl (C=O) groups is 1. The van der Waals surface area contributed by atoms with E-state index in [1.165, 1.54) is 11.1 Å². The molecule has 5 nitrogen and oxygen atoms in total. The Kier molecular flexibility index (Phi) is 5.23. The summed E-state index contributed by atoms with van der Waals surface area (Å²) in [6.07, 6.45) is 1.43. The molecule has 132 valence electrons. The molecule has 1 saturated heterocycles. The van der Waals surface area contributed by atoms with Gasteiger partial charge in [0.2, 0.25) is 0 Å². The molecule has 24 heavy (non-hydrogen) atoms. The van der Waals surface area contributed by atoms with Crippen molar-refractivity contribution in [1.82, 2.24) is 4.90 Å². The molecule has 0 aromatic heterocycles. The number of ether oxygens (including phenoxy) is 2. The molecule has 4 unspecified atom stereocenters. The predicted molar refractivity (Wildman–Crippen MR) is 92.6 cm³/mol. The van der Waals surface area contributed by atoms with E-state index in [0.29, 0.717) is 0 Å². The average Bonchev–Trinajstić information content (AvgIpc) is 2.60. The van der Waals surface area contributed by atoms with Gasteiger partial charge in [0.1, 0.15) is 18.2 Å². The normalized spacial score (nSPS) is 28.1. The Morgan fingerprint density at radius 2 is 2.04 bits per heavy atom. The highest BCUT2D eigenvalue weighted by molar-refractivity contribution is 5.76. The fourth-order valence-corrected chi connectivity index (χ4v) is 3.85. The van der Waals surface area contributed by atoms with Gasteiger partial charge in [0.15, 0.2) is 0 Å². The minimum atomic E-state index is -0.584. The van der Waals surface area contributed by atoms with Crippen LogP contribution >= 0.6 is 0 Å². The average molecular weight is 332 g/mol. The monoisotopic (exact) mass is 332 g/mol. The van der Waals surface area contributed by atoms with Crippen LogP contribution in [-0.4, -0.2) is 49.3 Å². The summed E-state index contributed by atoms with van der Waals surface area (Å²) in [5, 5.41) is 0. The first-order valence-corrected chi connectivity index (χ1v) is 8.83.